The molecule has 0 bridgehead atoms. The normalized spacial score (nSPS) is 17.1. The second kappa shape index (κ2) is 10.3. The zero-order valence-corrected chi connectivity index (χ0v) is 19.6. The molecule has 0 unspecified atom stereocenters. The molecule has 1 N–H and O–H groups in total. The molecule has 170 valence electrons. The third-order valence-corrected chi connectivity index (χ3v) is 6.66. The molecule has 1 aromatic heterocycles. The molecule has 1 fully saturated rings. The van der Waals surface area contributed by atoms with Gasteiger partial charge < -0.3 is 15.0 Å². The number of carbonyl (C=O) groups is 2. The van der Waals surface area contributed by atoms with Crippen LogP contribution in [0.5, 0.6) is 0 Å². The number of benzene rings is 1. The minimum atomic E-state index is -0.275. The number of imide groups is 1. The molecule has 0 radical (unpaired) electrons. The maximum absolute atomic E-state index is 13.2. The summed E-state index contributed by atoms with van der Waals surface area (Å²) in [5.74, 6) is -0.516. The van der Waals surface area contributed by atoms with E-state index >= 15 is 0 Å². The summed E-state index contributed by atoms with van der Waals surface area (Å²) in [6.45, 7) is 6.98. The topological polar surface area (TPSA) is 61.9 Å². The Morgan fingerprint density at radius 1 is 1.03 bits per heavy atom. The first-order chi connectivity index (χ1) is 15.5. The molecule has 32 heavy (non-hydrogen) atoms. The zero-order chi connectivity index (χ0) is 22.5. The largest absolute Gasteiger partial charge is 0.379 e. The molecule has 2 aromatic rings. The molecule has 1 saturated heterocycles. The number of hydrogen-bond acceptors (Lipinski definition) is 6. The van der Waals surface area contributed by atoms with Crippen LogP contribution in [0.2, 0.25) is 0 Å². The van der Waals surface area contributed by atoms with Gasteiger partial charge in [-0.1, -0.05) is 6.07 Å². The van der Waals surface area contributed by atoms with Gasteiger partial charge in [0.1, 0.15) is 5.70 Å². The van der Waals surface area contributed by atoms with E-state index in [0.29, 0.717) is 30.8 Å². The Kier molecular flexibility index (Phi) is 7.27. The first-order valence-electron chi connectivity index (χ1n) is 11.4. The van der Waals surface area contributed by atoms with E-state index < -0.39 is 0 Å². The highest BCUT2D eigenvalue weighted by Gasteiger charge is 2.39. The highest BCUT2D eigenvalue weighted by Crippen LogP contribution is 2.33. The molecule has 1 aromatic carbocycles. The molecule has 2 aliphatic rings. The van der Waals surface area contributed by atoms with Crippen LogP contribution in [0.1, 0.15) is 44.4 Å². The van der Waals surface area contributed by atoms with Crippen LogP contribution in [0.15, 0.2) is 47.5 Å². The minimum absolute atomic E-state index is 0.130. The fourth-order valence-electron chi connectivity index (χ4n) is 4.14. The van der Waals surface area contributed by atoms with Crippen molar-refractivity contribution in [1.29, 1.82) is 0 Å². The predicted molar refractivity (Wildman–Crippen MR) is 130 cm³/mol. The van der Waals surface area contributed by atoms with Gasteiger partial charge in [0.15, 0.2) is 0 Å². The van der Waals surface area contributed by atoms with Gasteiger partial charge in [-0.15, -0.1) is 11.3 Å². The van der Waals surface area contributed by atoms with E-state index in [-0.39, 0.29) is 17.9 Å². The van der Waals surface area contributed by atoms with E-state index in [1.807, 2.05) is 43.5 Å². The van der Waals surface area contributed by atoms with Crippen LogP contribution in [0, 0.1) is 0 Å². The minimum Gasteiger partial charge on any atom is -0.379 e. The SMILES string of the molecule is CC(C)OCCCN1C(=O)C(Nc2ccc(N3CCCCC3)cc2)=C(c2cccs2)C1=O. The smallest absolute Gasteiger partial charge is 0.278 e. The summed E-state index contributed by atoms with van der Waals surface area (Å²) in [5.41, 5.74) is 2.81. The van der Waals surface area contributed by atoms with Crippen molar-refractivity contribution >= 4 is 40.1 Å². The molecule has 6 nitrogen and oxygen atoms in total. The zero-order valence-electron chi connectivity index (χ0n) is 18.8. The van der Waals surface area contributed by atoms with E-state index in [2.05, 4.69) is 22.3 Å². The van der Waals surface area contributed by atoms with Crippen molar-refractivity contribution in [3.63, 3.8) is 0 Å². The first kappa shape index (κ1) is 22.6. The number of carbonyl (C=O) groups excluding carboxylic acids is 2. The van der Waals surface area contributed by atoms with Gasteiger partial charge in [-0.25, -0.2) is 0 Å². The Labute approximate surface area is 193 Å². The second-order valence-corrected chi connectivity index (χ2v) is 9.43. The molecule has 2 aliphatic heterocycles. The van der Waals surface area contributed by atoms with Crippen LogP contribution in [-0.2, 0) is 14.3 Å². The van der Waals surface area contributed by atoms with Crippen molar-refractivity contribution in [3.8, 4) is 0 Å². The molecule has 7 heteroatoms. The summed E-state index contributed by atoms with van der Waals surface area (Å²) >= 11 is 1.47. The number of ether oxygens (including phenoxy) is 1. The average Bonchev–Trinajstić information content (AvgIpc) is 3.40. The first-order valence-corrected chi connectivity index (χ1v) is 12.3. The van der Waals surface area contributed by atoms with Crippen molar-refractivity contribution in [2.24, 2.45) is 0 Å². The lowest BCUT2D eigenvalue weighted by molar-refractivity contribution is -0.137. The molecular formula is C25H31N3O3S. The Bertz CT molecular complexity index is 961. The van der Waals surface area contributed by atoms with Crippen molar-refractivity contribution in [3.05, 3.63) is 52.4 Å². The maximum atomic E-state index is 13.2. The summed E-state index contributed by atoms with van der Waals surface area (Å²) < 4.78 is 5.57. The van der Waals surface area contributed by atoms with Gasteiger partial charge in [0.25, 0.3) is 11.8 Å². The number of hydrogen-bond donors (Lipinski definition) is 1. The van der Waals surface area contributed by atoms with Gasteiger partial charge >= 0.3 is 0 Å². The second-order valence-electron chi connectivity index (χ2n) is 8.48. The fourth-order valence-corrected chi connectivity index (χ4v) is 4.91. The van der Waals surface area contributed by atoms with E-state index in [9.17, 15) is 9.59 Å². The summed E-state index contributed by atoms with van der Waals surface area (Å²) in [5, 5.41) is 5.17. The molecule has 4 rings (SSSR count). The summed E-state index contributed by atoms with van der Waals surface area (Å²) in [7, 11) is 0. The van der Waals surface area contributed by atoms with Crippen molar-refractivity contribution < 1.29 is 14.3 Å². The number of rotatable bonds is 9. The third kappa shape index (κ3) is 5.05. The molecule has 2 amide bonds. The lowest BCUT2D eigenvalue weighted by Crippen LogP contribution is -2.34. The van der Waals surface area contributed by atoms with E-state index in [4.69, 9.17) is 4.74 Å². The lowest BCUT2D eigenvalue weighted by Gasteiger charge is -2.28. The van der Waals surface area contributed by atoms with E-state index in [1.54, 1.807) is 0 Å². The van der Waals surface area contributed by atoms with Crippen LogP contribution in [0.25, 0.3) is 5.57 Å². The highest BCUT2D eigenvalue weighted by molar-refractivity contribution is 7.11. The summed E-state index contributed by atoms with van der Waals surface area (Å²) in [6, 6.07) is 11.9. The van der Waals surface area contributed by atoms with Gasteiger partial charge in [0.05, 0.1) is 11.7 Å². The van der Waals surface area contributed by atoms with E-state index in [0.717, 1.165) is 23.7 Å². The van der Waals surface area contributed by atoms with Gasteiger partial charge in [0, 0.05) is 42.5 Å². The molecule has 3 heterocycles. The average molecular weight is 454 g/mol. The number of thiophene rings is 1. The number of anilines is 2. The van der Waals surface area contributed by atoms with Gasteiger partial charge in [-0.3, -0.25) is 14.5 Å². The Balaban J connectivity index is 1.51. The van der Waals surface area contributed by atoms with E-state index in [1.165, 1.54) is 41.2 Å². The van der Waals surface area contributed by atoms with Crippen LogP contribution >= 0.6 is 11.3 Å². The quantitative estimate of drug-likeness (QED) is 0.439. The molecule has 0 aliphatic carbocycles. The van der Waals surface area contributed by atoms with Crippen LogP contribution < -0.4 is 10.2 Å². The fraction of sp³-hybridized carbons (Fsp3) is 0.440. The Morgan fingerprint density at radius 3 is 2.44 bits per heavy atom. The Hall–Kier alpha value is -2.64. The summed E-state index contributed by atoms with van der Waals surface area (Å²) in [4.78, 5) is 30.9. The van der Waals surface area contributed by atoms with Crippen LogP contribution in [0.4, 0.5) is 11.4 Å². The number of nitrogens with zero attached hydrogens (tertiary/aromatic N) is 2. The number of nitrogens with one attached hydrogen (secondary N) is 1. The predicted octanol–water partition coefficient (Wildman–Crippen LogP) is 4.75. The van der Waals surface area contributed by atoms with Crippen molar-refractivity contribution in [2.75, 3.05) is 36.5 Å². The molecule has 0 atom stereocenters. The molecule has 0 spiro atoms. The monoisotopic (exact) mass is 453 g/mol. The lowest BCUT2D eigenvalue weighted by atomic mass is 10.1. The molecular weight excluding hydrogens is 422 g/mol. The Morgan fingerprint density at radius 2 is 1.78 bits per heavy atom. The number of piperidine rings is 1. The van der Waals surface area contributed by atoms with Gasteiger partial charge in [-0.2, -0.15) is 0 Å². The molecule has 0 saturated carbocycles. The van der Waals surface area contributed by atoms with Gasteiger partial charge in [0.2, 0.25) is 0 Å². The van der Waals surface area contributed by atoms with Crippen LogP contribution in [0.3, 0.4) is 0 Å². The standard InChI is InChI=1S/C25H31N3O3S/c1-18(2)31-16-7-15-28-24(29)22(21-8-6-17-32-21)23(25(28)30)26-19-9-11-20(12-10-19)27-13-4-3-5-14-27/h6,8-12,17-18,26H,3-5,7,13-16H2,1-2H3. The van der Waals surface area contributed by atoms with Crippen LogP contribution in [-0.4, -0.2) is 49.1 Å². The highest BCUT2D eigenvalue weighted by atomic mass is 32.1. The van der Waals surface area contributed by atoms with Gasteiger partial charge in [-0.05, 0) is 75.2 Å². The maximum Gasteiger partial charge on any atom is 0.278 e. The van der Waals surface area contributed by atoms with Crippen molar-refractivity contribution in [2.45, 2.75) is 45.6 Å². The third-order valence-electron chi connectivity index (χ3n) is 5.77. The number of amides is 2. The van der Waals surface area contributed by atoms with Crippen molar-refractivity contribution in [1.82, 2.24) is 4.90 Å². The summed E-state index contributed by atoms with van der Waals surface area (Å²) in [6.07, 6.45) is 4.50.